The van der Waals surface area contributed by atoms with Gasteiger partial charge < -0.3 is 4.74 Å². The number of fused-ring (bicyclic) bond motifs is 1. The maximum absolute atomic E-state index is 13.2. The highest BCUT2D eigenvalue weighted by molar-refractivity contribution is 8.00. The third-order valence-corrected chi connectivity index (χ3v) is 7.07. The van der Waals surface area contributed by atoms with Crippen molar-refractivity contribution in [1.82, 2.24) is 9.88 Å². The first-order valence-electron chi connectivity index (χ1n) is 8.91. The molecule has 3 aliphatic rings. The molecule has 126 valence electrons. The van der Waals surface area contributed by atoms with Crippen molar-refractivity contribution in [3.05, 3.63) is 29.3 Å². The second-order valence-corrected chi connectivity index (χ2v) is 8.48. The Morgan fingerprint density at radius 2 is 2.17 bits per heavy atom. The van der Waals surface area contributed by atoms with Gasteiger partial charge in [0.2, 0.25) is 5.95 Å². The number of aryl methyl sites for hydroxylation is 1. The number of nitrogens with zero attached hydrogens (tertiary/aromatic N) is 2. The summed E-state index contributed by atoms with van der Waals surface area (Å²) in [4.78, 5) is 6.56. The monoisotopic (exact) mass is 336 g/mol. The molecule has 1 aromatic rings. The van der Waals surface area contributed by atoms with E-state index in [0.717, 1.165) is 32.1 Å². The highest BCUT2D eigenvalue weighted by Crippen LogP contribution is 2.45. The lowest BCUT2D eigenvalue weighted by Crippen LogP contribution is -2.34. The normalized spacial score (nSPS) is 32.0. The lowest BCUT2D eigenvalue weighted by atomic mass is 10.1. The molecule has 2 saturated heterocycles. The zero-order valence-corrected chi connectivity index (χ0v) is 14.4. The first-order chi connectivity index (χ1) is 11.3. The molecule has 4 rings (SSSR count). The number of likely N-dealkylation sites (tertiary alicyclic amines) is 1. The molecule has 0 amide bonds. The topological polar surface area (TPSA) is 25.4 Å². The van der Waals surface area contributed by atoms with E-state index in [9.17, 15) is 4.39 Å². The van der Waals surface area contributed by atoms with Crippen LogP contribution in [-0.4, -0.2) is 47.5 Å². The number of hydrogen-bond acceptors (Lipinski definition) is 4. The van der Waals surface area contributed by atoms with Gasteiger partial charge in [0.15, 0.2) is 0 Å². The summed E-state index contributed by atoms with van der Waals surface area (Å²) in [5.74, 6) is -0.336. The van der Waals surface area contributed by atoms with E-state index >= 15 is 0 Å². The van der Waals surface area contributed by atoms with E-state index in [4.69, 9.17) is 4.74 Å². The van der Waals surface area contributed by atoms with Crippen LogP contribution in [0.4, 0.5) is 4.39 Å². The van der Waals surface area contributed by atoms with Crippen LogP contribution in [0.5, 0.6) is 0 Å². The Hall–Kier alpha value is -0.650. The summed E-state index contributed by atoms with van der Waals surface area (Å²) in [5, 5.41) is 1.22. The predicted molar refractivity (Wildman–Crippen MR) is 91.3 cm³/mol. The number of pyridine rings is 1. The molecule has 0 saturated carbocycles. The van der Waals surface area contributed by atoms with E-state index in [1.807, 2.05) is 0 Å². The highest BCUT2D eigenvalue weighted by Gasteiger charge is 2.33. The zero-order chi connectivity index (χ0) is 15.6. The van der Waals surface area contributed by atoms with Gasteiger partial charge in [-0.3, -0.25) is 4.90 Å². The third kappa shape index (κ3) is 3.57. The van der Waals surface area contributed by atoms with Crippen LogP contribution >= 0.6 is 11.8 Å². The molecule has 0 bridgehead atoms. The minimum absolute atomic E-state index is 0.336. The van der Waals surface area contributed by atoms with Crippen molar-refractivity contribution >= 4 is 11.8 Å². The van der Waals surface area contributed by atoms with Gasteiger partial charge in [0.05, 0.1) is 0 Å². The largest absolute Gasteiger partial charge is 0.381 e. The lowest BCUT2D eigenvalue weighted by molar-refractivity contribution is 0.134. The van der Waals surface area contributed by atoms with Crippen LogP contribution in [-0.2, 0) is 11.2 Å². The Balaban J connectivity index is 1.35. The van der Waals surface area contributed by atoms with E-state index in [-0.39, 0.29) is 5.95 Å². The molecule has 0 aromatic carbocycles. The molecule has 2 aliphatic heterocycles. The molecule has 5 heteroatoms. The second-order valence-electron chi connectivity index (χ2n) is 6.97. The number of hydrogen-bond donors (Lipinski definition) is 0. The minimum Gasteiger partial charge on any atom is -0.381 e. The van der Waals surface area contributed by atoms with Crippen LogP contribution < -0.4 is 0 Å². The van der Waals surface area contributed by atoms with Gasteiger partial charge >= 0.3 is 0 Å². The second kappa shape index (κ2) is 7.08. The summed E-state index contributed by atoms with van der Waals surface area (Å²) < 4.78 is 18.8. The van der Waals surface area contributed by atoms with Crippen molar-refractivity contribution in [2.24, 2.45) is 0 Å². The van der Waals surface area contributed by atoms with Gasteiger partial charge in [-0.1, -0.05) is 0 Å². The summed E-state index contributed by atoms with van der Waals surface area (Å²) in [5.41, 5.74) is 2.45. The SMILES string of the molecule is Fc1cc2c(cn1)C(S[C@@H]1CCN(C3CCCOCC3)C1)CC2. The summed E-state index contributed by atoms with van der Waals surface area (Å²) >= 11 is 2.10. The van der Waals surface area contributed by atoms with Crippen molar-refractivity contribution in [1.29, 1.82) is 0 Å². The van der Waals surface area contributed by atoms with Crippen molar-refractivity contribution < 1.29 is 9.13 Å². The van der Waals surface area contributed by atoms with Crippen LogP contribution in [0.25, 0.3) is 0 Å². The van der Waals surface area contributed by atoms with E-state index in [1.165, 1.54) is 49.9 Å². The molecular formula is C18H25FN2OS. The first-order valence-corrected chi connectivity index (χ1v) is 9.85. The summed E-state index contributed by atoms with van der Waals surface area (Å²) in [7, 11) is 0. The van der Waals surface area contributed by atoms with Gasteiger partial charge in [-0.25, -0.2) is 4.98 Å². The molecule has 3 nitrogen and oxygen atoms in total. The van der Waals surface area contributed by atoms with Gasteiger partial charge in [0, 0.05) is 42.5 Å². The molecule has 1 aliphatic carbocycles. The van der Waals surface area contributed by atoms with Gasteiger partial charge in [0.25, 0.3) is 0 Å². The molecule has 2 unspecified atom stereocenters. The van der Waals surface area contributed by atoms with E-state index < -0.39 is 0 Å². The van der Waals surface area contributed by atoms with Crippen molar-refractivity contribution in [2.75, 3.05) is 26.3 Å². The molecule has 1 aromatic heterocycles. The van der Waals surface area contributed by atoms with Gasteiger partial charge in [-0.15, -0.1) is 11.8 Å². The highest BCUT2D eigenvalue weighted by atomic mass is 32.2. The number of rotatable bonds is 3. The minimum atomic E-state index is -0.336. The summed E-state index contributed by atoms with van der Waals surface area (Å²) in [6.07, 6.45) is 8.86. The molecule has 3 heterocycles. The Labute approximate surface area is 142 Å². The molecule has 0 N–H and O–H groups in total. The number of aromatic nitrogens is 1. The zero-order valence-electron chi connectivity index (χ0n) is 13.5. The molecule has 2 fully saturated rings. The predicted octanol–water partition coefficient (Wildman–Crippen LogP) is 3.58. The summed E-state index contributed by atoms with van der Waals surface area (Å²) in [6, 6.07) is 2.34. The Kier molecular flexibility index (Phi) is 4.88. The van der Waals surface area contributed by atoms with Crippen molar-refractivity contribution in [3.63, 3.8) is 0 Å². The maximum Gasteiger partial charge on any atom is 0.213 e. The molecule has 0 radical (unpaired) electrons. The fraction of sp³-hybridized carbons (Fsp3) is 0.722. The van der Waals surface area contributed by atoms with Gasteiger partial charge in [-0.05, 0) is 62.3 Å². The van der Waals surface area contributed by atoms with Crippen LogP contribution in [0.15, 0.2) is 12.3 Å². The van der Waals surface area contributed by atoms with E-state index in [0.29, 0.717) is 10.5 Å². The smallest absolute Gasteiger partial charge is 0.213 e. The van der Waals surface area contributed by atoms with Crippen LogP contribution in [0.2, 0.25) is 0 Å². The molecule has 0 spiro atoms. The standard InChI is InChI=1S/C18H25FN2OS/c19-18-10-13-3-4-17(16(13)11-20-18)23-15-5-7-21(12-15)14-2-1-8-22-9-6-14/h10-11,14-15,17H,1-9,12H2/t14?,15-,17?/m1/s1. The third-order valence-electron chi connectivity index (χ3n) is 5.48. The van der Waals surface area contributed by atoms with Gasteiger partial charge in [-0.2, -0.15) is 4.39 Å². The maximum atomic E-state index is 13.2. The number of halogens is 1. The molecular weight excluding hydrogens is 311 g/mol. The van der Waals surface area contributed by atoms with Crippen LogP contribution in [0, 0.1) is 5.95 Å². The Bertz CT molecular complexity index is 548. The molecule has 23 heavy (non-hydrogen) atoms. The van der Waals surface area contributed by atoms with Crippen molar-refractivity contribution in [3.8, 4) is 0 Å². The molecule has 3 atom stereocenters. The van der Waals surface area contributed by atoms with E-state index in [1.54, 1.807) is 12.3 Å². The van der Waals surface area contributed by atoms with Crippen LogP contribution in [0.3, 0.4) is 0 Å². The first kappa shape index (κ1) is 15.9. The van der Waals surface area contributed by atoms with Crippen LogP contribution in [0.1, 0.15) is 48.5 Å². The number of thioether (sulfide) groups is 1. The van der Waals surface area contributed by atoms with Gasteiger partial charge in [0.1, 0.15) is 0 Å². The average Bonchev–Trinajstić information content (AvgIpc) is 3.07. The quantitative estimate of drug-likeness (QED) is 0.788. The van der Waals surface area contributed by atoms with Crippen molar-refractivity contribution in [2.45, 2.75) is 55.1 Å². The average molecular weight is 336 g/mol. The summed E-state index contributed by atoms with van der Waals surface area (Å²) in [6.45, 7) is 4.29. The van der Waals surface area contributed by atoms with E-state index in [2.05, 4.69) is 21.6 Å². The Morgan fingerprint density at radius 3 is 3.13 bits per heavy atom. The number of ether oxygens (including phenoxy) is 1. The fourth-order valence-electron chi connectivity index (χ4n) is 4.25. The Morgan fingerprint density at radius 1 is 1.22 bits per heavy atom. The lowest BCUT2D eigenvalue weighted by Gasteiger charge is -2.26. The fourth-order valence-corrected chi connectivity index (χ4v) is 5.85.